The van der Waals surface area contributed by atoms with Crippen molar-refractivity contribution in [1.29, 1.82) is 0 Å². The zero-order chi connectivity index (χ0) is 33.2. The highest BCUT2D eigenvalue weighted by atomic mass is 16.5. The van der Waals surface area contributed by atoms with Gasteiger partial charge in [0.2, 0.25) is 11.8 Å². The topological polar surface area (TPSA) is 105 Å². The van der Waals surface area contributed by atoms with Gasteiger partial charge in [-0.25, -0.2) is 0 Å². The van der Waals surface area contributed by atoms with Crippen molar-refractivity contribution in [3.05, 3.63) is 124 Å². The summed E-state index contributed by atoms with van der Waals surface area (Å²) in [7, 11) is 0. The Hall–Kier alpha value is -4.75. The van der Waals surface area contributed by atoms with E-state index in [4.69, 9.17) is 4.74 Å². The number of hydrogen-bond acceptors (Lipinski definition) is 5. The summed E-state index contributed by atoms with van der Waals surface area (Å²) < 4.78 is 6.18. The van der Waals surface area contributed by atoms with Crippen LogP contribution in [0.15, 0.2) is 84.9 Å². The van der Waals surface area contributed by atoms with Crippen LogP contribution in [0, 0.1) is 46.5 Å². The highest BCUT2D eigenvalue weighted by Crippen LogP contribution is 2.47. The number of aliphatic hydroxyl groups is 1. The molecule has 5 rings (SSSR count). The van der Waals surface area contributed by atoms with Gasteiger partial charge in [0.1, 0.15) is 24.1 Å². The summed E-state index contributed by atoms with van der Waals surface area (Å²) in [4.78, 5) is 42.2. The molecule has 7 heteroatoms. The Bertz CT molecular complexity index is 1790. The Morgan fingerprint density at radius 3 is 1.98 bits per heavy atom. The van der Waals surface area contributed by atoms with E-state index >= 15 is 0 Å². The van der Waals surface area contributed by atoms with Gasteiger partial charge in [0.05, 0.1) is 11.5 Å². The molecule has 0 saturated heterocycles. The molecule has 4 atom stereocenters. The summed E-state index contributed by atoms with van der Waals surface area (Å²) in [6, 6.07) is 26.3. The fraction of sp³-hybridized carbons (Fsp3) is 0.308. The van der Waals surface area contributed by atoms with Gasteiger partial charge < -0.3 is 20.5 Å². The van der Waals surface area contributed by atoms with Gasteiger partial charge in [0, 0.05) is 23.7 Å². The largest absolute Gasteiger partial charge is 0.489 e. The summed E-state index contributed by atoms with van der Waals surface area (Å²) in [6.45, 7) is 11.6. The van der Waals surface area contributed by atoms with Crippen LogP contribution in [0.5, 0.6) is 5.75 Å². The van der Waals surface area contributed by atoms with E-state index in [1.165, 1.54) is 6.92 Å². The van der Waals surface area contributed by atoms with Gasteiger partial charge in [-0.3, -0.25) is 14.4 Å². The first kappa shape index (κ1) is 32.6. The monoisotopic (exact) mass is 618 g/mol. The number of amides is 2. The first-order valence-corrected chi connectivity index (χ1v) is 15.6. The summed E-state index contributed by atoms with van der Waals surface area (Å²) in [5.74, 6) is -4.23. The number of aryl methyl sites for hydroxylation is 3. The second kappa shape index (κ2) is 13.3. The lowest BCUT2D eigenvalue weighted by molar-refractivity contribution is -0.150. The zero-order valence-corrected chi connectivity index (χ0v) is 27.3. The van der Waals surface area contributed by atoms with Crippen LogP contribution >= 0.6 is 0 Å². The van der Waals surface area contributed by atoms with E-state index in [-0.39, 0.29) is 6.42 Å². The Morgan fingerprint density at radius 1 is 0.783 bits per heavy atom. The smallest absolute Gasteiger partial charge is 0.235 e. The lowest BCUT2D eigenvalue weighted by Crippen LogP contribution is -2.56. The average Bonchev–Trinajstić information content (AvgIpc) is 3.00. The second-order valence-electron chi connectivity index (χ2n) is 12.7. The number of rotatable bonds is 8. The van der Waals surface area contributed by atoms with Crippen molar-refractivity contribution >= 4 is 29.0 Å². The van der Waals surface area contributed by atoms with Gasteiger partial charge in [-0.15, -0.1) is 0 Å². The minimum atomic E-state index is -1.72. The van der Waals surface area contributed by atoms with Gasteiger partial charge >= 0.3 is 0 Å². The van der Waals surface area contributed by atoms with E-state index in [0.717, 1.165) is 33.4 Å². The molecule has 4 aromatic carbocycles. The van der Waals surface area contributed by atoms with E-state index in [1.807, 2.05) is 89.2 Å². The van der Waals surface area contributed by atoms with Crippen molar-refractivity contribution in [3.8, 4) is 5.75 Å². The number of anilines is 2. The number of Topliss-reactive ketones (excluding diaryl/α,β-unsaturated/α-hetero) is 1. The zero-order valence-electron chi connectivity index (χ0n) is 27.3. The number of nitrogens with one attached hydrogen (secondary N) is 2. The van der Waals surface area contributed by atoms with E-state index in [9.17, 15) is 19.5 Å². The standard InChI is InChI=1S/C39H42N2O5/c1-23-13-9-18-31(26(23)4)40-37(43)35-33(42)21-39(6,45)36(38(44)41-32-19-10-14-24(2)27(32)5)34(35)28-16-11-17-30(20-28)46-22-29-15-8-7-12-25(29)3/h7-20,34-36,45H,21-22H2,1-6H3,(H,40,43)(H,41,44). The predicted octanol–water partition coefficient (Wildman–Crippen LogP) is 7.12. The molecule has 0 heterocycles. The molecule has 0 bridgehead atoms. The molecule has 46 heavy (non-hydrogen) atoms. The maximum atomic E-state index is 14.3. The normalized spacial score (nSPS) is 21.0. The molecule has 0 aromatic heterocycles. The molecule has 1 fully saturated rings. The fourth-order valence-electron chi connectivity index (χ4n) is 6.43. The van der Waals surface area contributed by atoms with Gasteiger partial charge in [-0.2, -0.15) is 0 Å². The third-order valence-corrected chi connectivity index (χ3v) is 9.46. The van der Waals surface area contributed by atoms with Gasteiger partial charge in [0.15, 0.2) is 0 Å². The predicted molar refractivity (Wildman–Crippen MR) is 181 cm³/mol. The summed E-state index contributed by atoms with van der Waals surface area (Å²) in [5, 5.41) is 17.8. The molecular formula is C39H42N2O5. The Balaban J connectivity index is 1.57. The number of ether oxygens (including phenoxy) is 1. The first-order chi connectivity index (χ1) is 21.9. The van der Waals surface area contributed by atoms with Crippen LogP contribution in [0.1, 0.15) is 58.2 Å². The molecule has 1 aliphatic rings. The van der Waals surface area contributed by atoms with Gasteiger partial charge in [-0.1, -0.05) is 60.7 Å². The van der Waals surface area contributed by atoms with Crippen molar-refractivity contribution < 1.29 is 24.2 Å². The lowest BCUT2D eigenvalue weighted by Gasteiger charge is -2.44. The molecule has 3 N–H and O–H groups in total. The number of carbonyl (C=O) groups is 3. The number of benzene rings is 4. The minimum Gasteiger partial charge on any atom is -0.489 e. The van der Waals surface area contributed by atoms with Crippen molar-refractivity contribution in [3.63, 3.8) is 0 Å². The van der Waals surface area contributed by atoms with Gasteiger partial charge in [0.25, 0.3) is 0 Å². The molecule has 1 saturated carbocycles. The average molecular weight is 619 g/mol. The summed E-state index contributed by atoms with van der Waals surface area (Å²) >= 11 is 0. The molecule has 238 valence electrons. The minimum absolute atomic E-state index is 0.324. The molecule has 0 spiro atoms. The van der Waals surface area contributed by atoms with Gasteiger partial charge in [-0.05, 0) is 105 Å². The Morgan fingerprint density at radius 2 is 1.35 bits per heavy atom. The molecule has 4 unspecified atom stereocenters. The number of hydrogen-bond donors (Lipinski definition) is 3. The van der Waals surface area contributed by atoms with Crippen LogP contribution < -0.4 is 15.4 Å². The van der Waals surface area contributed by atoms with E-state index in [0.29, 0.717) is 29.3 Å². The van der Waals surface area contributed by atoms with E-state index in [2.05, 4.69) is 10.6 Å². The van der Waals surface area contributed by atoms with E-state index in [1.54, 1.807) is 30.3 Å². The summed E-state index contributed by atoms with van der Waals surface area (Å²) in [6.07, 6.45) is -0.344. The van der Waals surface area contributed by atoms with Crippen molar-refractivity contribution in [2.24, 2.45) is 11.8 Å². The second-order valence-corrected chi connectivity index (χ2v) is 12.7. The highest BCUT2D eigenvalue weighted by Gasteiger charge is 2.56. The Kier molecular flexibility index (Phi) is 9.44. The quantitative estimate of drug-likeness (QED) is 0.182. The van der Waals surface area contributed by atoms with Crippen LogP contribution in [0.4, 0.5) is 11.4 Å². The molecule has 7 nitrogen and oxygen atoms in total. The Labute approximate surface area is 271 Å². The highest BCUT2D eigenvalue weighted by molar-refractivity contribution is 6.10. The SMILES string of the molecule is Cc1ccccc1COc1cccc(C2C(C(=O)Nc3cccc(C)c3C)C(=O)CC(C)(O)C2C(=O)Nc2cccc(C)c2C)c1. The van der Waals surface area contributed by atoms with Crippen molar-refractivity contribution in [1.82, 2.24) is 0 Å². The van der Waals surface area contributed by atoms with Crippen LogP contribution in [0.3, 0.4) is 0 Å². The van der Waals surface area contributed by atoms with Crippen molar-refractivity contribution in [2.75, 3.05) is 10.6 Å². The molecular weight excluding hydrogens is 576 g/mol. The van der Waals surface area contributed by atoms with E-state index < -0.39 is 41.0 Å². The van der Waals surface area contributed by atoms with Crippen LogP contribution in [-0.2, 0) is 21.0 Å². The molecule has 1 aliphatic carbocycles. The first-order valence-electron chi connectivity index (χ1n) is 15.6. The van der Waals surface area contributed by atoms with Crippen LogP contribution in [0.25, 0.3) is 0 Å². The number of carbonyl (C=O) groups excluding carboxylic acids is 3. The van der Waals surface area contributed by atoms with Crippen LogP contribution in [0.2, 0.25) is 0 Å². The van der Waals surface area contributed by atoms with Crippen LogP contribution in [-0.4, -0.2) is 28.3 Å². The molecule has 4 aromatic rings. The molecule has 0 aliphatic heterocycles. The van der Waals surface area contributed by atoms with Crippen molar-refractivity contribution in [2.45, 2.75) is 66.1 Å². The maximum Gasteiger partial charge on any atom is 0.235 e. The number of ketones is 1. The third-order valence-electron chi connectivity index (χ3n) is 9.46. The summed E-state index contributed by atoms with van der Waals surface area (Å²) in [5.41, 5.74) is 5.95. The fourth-order valence-corrected chi connectivity index (χ4v) is 6.43. The third kappa shape index (κ3) is 6.75. The maximum absolute atomic E-state index is 14.3. The molecule has 2 amide bonds. The lowest BCUT2D eigenvalue weighted by atomic mass is 9.61. The molecule has 0 radical (unpaired) electrons.